The van der Waals surface area contributed by atoms with E-state index in [9.17, 15) is 9.59 Å². The topological polar surface area (TPSA) is 88.5 Å². The predicted octanol–water partition coefficient (Wildman–Crippen LogP) is 1.72. The highest BCUT2D eigenvalue weighted by Crippen LogP contribution is 2.09. The lowest BCUT2D eigenvalue weighted by Gasteiger charge is -2.08. The van der Waals surface area contributed by atoms with Crippen molar-refractivity contribution in [1.29, 1.82) is 0 Å². The van der Waals surface area contributed by atoms with Crippen LogP contribution in [0, 0.1) is 5.92 Å². The van der Waals surface area contributed by atoms with Gasteiger partial charge in [0.2, 0.25) is 0 Å². The minimum atomic E-state index is -1.03. The van der Waals surface area contributed by atoms with E-state index in [1.54, 1.807) is 12.1 Å². The first-order valence-electron chi connectivity index (χ1n) is 6.74. The van der Waals surface area contributed by atoms with Crippen LogP contribution >= 0.6 is 0 Å². The van der Waals surface area contributed by atoms with E-state index in [4.69, 9.17) is 9.84 Å². The second-order valence-electron chi connectivity index (χ2n) is 4.91. The maximum Gasteiger partial charge on any atom is 0.328 e. The molecule has 6 heteroatoms. The average Bonchev–Trinajstić information content (AvgIpc) is 2.43. The van der Waals surface area contributed by atoms with Gasteiger partial charge in [-0.05, 0) is 30.5 Å². The van der Waals surface area contributed by atoms with E-state index >= 15 is 0 Å². The zero-order chi connectivity index (χ0) is 15.7. The monoisotopic (exact) mass is 292 g/mol. The van der Waals surface area contributed by atoms with Gasteiger partial charge in [-0.3, -0.25) is 9.78 Å². The summed E-state index contributed by atoms with van der Waals surface area (Å²) in [7, 11) is 0. The Morgan fingerprint density at radius 3 is 2.76 bits per heavy atom. The van der Waals surface area contributed by atoms with E-state index in [1.807, 2.05) is 0 Å². The summed E-state index contributed by atoms with van der Waals surface area (Å²) in [5.74, 6) is -0.205. The minimum absolute atomic E-state index is 0.0654. The van der Waals surface area contributed by atoms with Crippen molar-refractivity contribution >= 4 is 18.0 Å². The van der Waals surface area contributed by atoms with Gasteiger partial charge in [0.25, 0.3) is 5.91 Å². The highest BCUT2D eigenvalue weighted by Gasteiger charge is 2.03. The molecule has 0 aliphatic carbocycles. The number of nitrogens with one attached hydrogen (secondary N) is 1. The molecule has 0 saturated heterocycles. The van der Waals surface area contributed by atoms with Crippen LogP contribution in [0.25, 0.3) is 6.08 Å². The van der Waals surface area contributed by atoms with Gasteiger partial charge in [0.1, 0.15) is 5.75 Å². The lowest BCUT2D eigenvalue weighted by atomic mass is 10.1. The van der Waals surface area contributed by atoms with Crippen LogP contribution in [0.3, 0.4) is 0 Å². The van der Waals surface area contributed by atoms with Crippen LogP contribution in [-0.4, -0.2) is 35.1 Å². The molecule has 0 spiro atoms. The third kappa shape index (κ3) is 7.71. The van der Waals surface area contributed by atoms with Crippen molar-refractivity contribution in [2.75, 3.05) is 13.2 Å². The van der Waals surface area contributed by atoms with E-state index in [1.165, 1.54) is 12.3 Å². The Bertz CT molecular complexity index is 495. The van der Waals surface area contributed by atoms with Crippen molar-refractivity contribution in [2.45, 2.75) is 20.3 Å². The van der Waals surface area contributed by atoms with Gasteiger partial charge in [-0.1, -0.05) is 13.8 Å². The Morgan fingerprint density at radius 2 is 2.19 bits per heavy atom. The Kier molecular flexibility index (Phi) is 6.94. The van der Waals surface area contributed by atoms with Crippen molar-refractivity contribution < 1.29 is 19.4 Å². The standard InChI is InChI=1S/C15H20N2O4/c1-11(2)7-8-16-14(18)10-21-13-5-3-12(17-9-13)4-6-15(19)20/h3-6,9,11H,7-8,10H2,1-2H3,(H,16,18)(H,19,20). The van der Waals surface area contributed by atoms with Crippen LogP contribution in [0.1, 0.15) is 26.0 Å². The Morgan fingerprint density at radius 1 is 1.43 bits per heavy atom. The molecule has 0 fully saturated rings. The number of rotatable bonds is 8. The molecule has 21 heavy (non-hydrogen) atoms. The molecule has 6 nitrogen and oxygen atoms in total. The van der Waals surface area contributed by atoms with Crippen LogP contribution in [-0.2, 0) is 9.59 Å². The van der Waals surface area contributed by atoms with Crippen molar-refractivity contribution in [3.63, 3.8) is 0 Å². The molecular weight excluding hydrogens is 272 g/mol. The molecule has 0 aliphatic rings. The number of carbonyl (C=O) groups is 2. The first-order chi connectivity index (χ1) is 9.97. The SMILES string of the molecule is CC(C)CCNC(=O)COc1ccc(C=CC(=O)O)nc1. The fraction of sp³-hybridized carbons (Fsp3) is 0.400. The minimum Gasteiger partial charge on any atom is -0.482 e. The fourth-order valence-electron chi connectivity index (χ4n) is 1.43. The number of amides is 1. The highest BCUT2D eigenvalue weighted by molar-refractivity contribution is 5.84. The van der Waals surface area contributed by atoms with E-state index < -0.39 is 5.97 Å². The molecule has 1 amide bonds. The molecule has 0 aromatic carbocycles. The zero-order valence-electron chi connectivity index (χ0n) is 12.2. The molecule has 114 valence electrons. The first kappa shape index (κ1) is 16.7. The number of aromatic nitrogens is 1. The summed E-state index contributed by atoms with van der Waals surface area (Å²) in [6.07, 6.45) is 4.76. The molecule has 1 heterocycles. The number of carboxylic acid groups (broad SMARTS) is 1. The molecular formula is C15H20N2O4. The molecule has 0 aliphatic heterocycles. The lowest BCUT2D eigenvalue weighted by Crippen LogP contribution is -2.30. The summed E-state index contributed by atoms with van der Waals surface area (Å²) in [5.41, 5.74) is 0.506. The number of hydrogen-bond acceptors (Lipinski definition) is 4. The van der Waals surface area contributed by atoms with Gasteiger partial charge in [0.15, 0.2) is 6.61 Å². The van der Waals surface area contributed by atoms with Crippen LogP contribution < -0.4 is 10.1 Å². The van der Waals surface area contributed by atoms with Gasteiger partial charge < -0.3 is 15.2 Å². The average molecular weight is 292 g/mol. The summed E-state index contributed by atoms with van der Waals surface area (Å²) in [5, 5.41) is 11.3. The van der Waals surface area contributed by atoms with Gasteiger partial charge in [-0.15, -0.1) is 0 Å². The molecule has 2 N–H and O–H groups in total. The Balaban J connectivity index is 2.35. The van der Waals surface area contributed by atoms with Gasteiger partial charge >= 0.3 is 5.97 Å². The molecule has 0 radical (unpaired) electrons. The van der Waals surface area contributed by atoms with Crippen LogP contribution in [0.15, 0.2) is 24.4 Å². The smallest absolute Gasteiger partial charge is 0.328 e. The maximum absolute atomic E-state index is 11.5. The van der Waals surface area contributed by atoms with Crippen molar-refractivity contribution in [3.05, 3.63) is 30.1 Å². The molecule has 0 bridgehead atoms. The normalized spacial score (nSPS) is 10.8. The van der Waals surface area contributed by atoms with Crippen LogP contribution in [0.5, 0.6) is 5.75 Å². The summed E-state index contributed by atoms with van der Waals surface area (Å²) in [4.78, 5) is 25.9. The second kappa shape index (κ2) is 8.73. The number of ether oxygens (including phenoxy) is 1. The maximum atomic E-state index is 11.5. The third-order valence-corrected chi connectivity index (χ3v) is 2.57. The van der Waals surface area contributed by atoms with E-state index in [0.29, 0.717) is 23.9 Å². The summed E-state index contributed by atoms with van der Waals surface area (Å²) >= 11 is 0. The number of carboxylic acids is 1. The van der Waals surface area contributed by atoms with Crippen molar-refractivity contribution in [3.8, 4) is 5.75 Å². The van der Waals surface area contributed by atoms with E-state index in [2.05, 4.69) is 24.1 Å². The van der Waals surface area contributed by atoms with Crippen LogP contribution in [0.2, 0.25) is 0 Å². The van der Waals surface area contributed by atoms with Gasteiger partial charge in [-0.25, -0.2) is 4.79 Å². The number of carbonyl (C=O) groups excluding carboxylic acids is 1. The summed E-state index contributed by atoms with van der Waals surface area (Å²) < 4.78 is 5.29. The highest BCUT2D eigenvalue weighted by atomic mass is 16.5. The Labute approximate surface area is 123 Å². The van der Waals surface area contributed by atoms with Gasteiger partial charge in [0.05, 0.1) is 11.9 Å². The molecule has 0 atom stereocenters. The number of pyridine rings is 1. The third-order valence-electron chi connectivity index (χ3n) is 2.57. The number of nitrogens with zero attached hydrogens (tertiary/aromatic N) is 1. The van der Waals surface area contributed by atoms with Gasteiger partial charge in [-0.2, -0.15) is 0 Å². The van der Waals surface area contributed by atoms with Crippen molar-refractivity contribution in [1.82, 2.24) is 10.3 Å². The zero-order valence-corrected chi connectivity index (χ0v) is 12.2. The second-order valence-corrected chi connectivity index (χ2v) is 4.91. The Hall–Kier alpha value is -2.37. The lowest BCUT2D eigenvalue weighted by molar-refractivity contribution is -0.131. The van der Waals surface area contributed by atoms with E-state index in [-0.39, 0.29) is 12.5 Å². The molecule has 1 rings (SSSR count). The fourth-order valence-corrected chi connectivity index (χ4v) is 1.43. The number of hydrogen-bond donors (Lipinski definition) is 2. The van der Waals surface area contributed by atoms with Crippen molar-refractivity contribution in [2.24, 2.45) is 5.92 Å². The largest absolute Gasteiger partial charge is 0.482 e. The summed E-state index contributed by atoms with van der Waals surface area (Å²) in [6.45, 7) is 4.75. The van der Waals surface area contributed by atoms with Crippen LogP contribution in [0.4, 0.5) is 0 Å². The summed E-state index contributed by atoms with van der Waals surface area (Å²) in [6, 6.07) is 3.25. The molecule has 1 aromatic heterocycles. The first-order valence-corrected chi connectivity index (χ1v) is 6.74. The molecule has 0 unspecified atom stereocenters. The molecule has 0 saturated carbocycles. The van der Waals surface area contributed by atoms with E-state index in [0.717, 1.165) is 12.5 Å². The predicted molar refractivity (Wildman–Crippen MR) is 78.9 cm³/mol. The molecule has 1 aromatic rings. The number of aliphatic carboxylic acids is 1. The van der Waals surface area contributed by atoms with Gasteiger partial charge in [0, 0.05) is 12.6 Å². The quantitative estimate of drug-likeness (QED) is 0.712.